The molecular weight excluding hydrogens is 227 g/mol. The molecule has 1 amide bonds. The standard InChI is InChI=1S/C7H8Cl2N4O/c1-3(5(10)14)12-6-4(8)2-11-7(9)13-6/h2-3H,1H3,(H2,10,14)(H,11,12,13). The quantitative estimate of drug-likeness (QED) is 0.767. The average Bonchev–Trinajstić information content (AvgIpc) is 2.11. The van der Waals surface area contributed by atoms with Gasteiger partial charge in [0.1, 0.15) is 11.1 Å². The molecule has 7 heteroatoms. The highest BCUT2D eigenvalue weighted by atomic mass is 35.5. The van der Waals surface area contributed by atoms with E-state index >= 15 is 0 Å². The predicted octanol–water partition coefficient (Wildman–Crippen LogP) is 1.07. The molecule has 1 aromatic rings. The van der Waals surface area contributed by atoms with E-state index in [1.807, 2.05) is 0 Å². The summed E-state index contributed by atoms with van der Waals surface area (Å²) >= 11 is 11.3. The Labute approximate surface area is 90.6 Å². The molecule has 0 radical (unpaired) electrons. The number of rotatable bonds is 3. The molecule has 1 rings (SSSR count). The number of hydrogen-bond donors (Lipinski definition) is 2. The average molecular weight is 235 g/mol. The SMILES string of the molecule is CC(Nc1nc(Cl)ncc1Cl)C(N)=O. The van der Waals surface area contributed by atoms with E-state index in [0.29, 0.717) is 0 Å². The molecular formula is C7H8Cl2N4O. The molecule has 5 nitrogen and oxygen atoms in total. The molecule has 0 saturated heterocycles. The molecule has 0 aliphatic heterocycles. The summed E-state index contributed by atoms with van der Waals surface area (Å²) in [5.41, 5.74) is 5.05. The minimum Gasteiger partial charge on any atom is -0.368 e. The second-order valence-electron chi connectivity index (χ2n) is 2.60. The number of nitrogens with zero attached hydrogens (tertiary/aromatic N) is 2. The van der Waals surface area contributed by atoms with Crippen LogP contribution in [0.5, 0.6) is 0 Å². The fourth-order valence-corrected chi connectivity index (χ4v) is 1.00. The lowest BCUT2D eigenvalue weighted by Gasteiger charge is -2.11. The molecule has 0 fully saturated rings. The number of aromatic nitrogens is 2. The van der Waals surface area contributed by atoms with Crippen LogP contribution in [0.4, 0.5) is 5.82 Å². The topological polar surface area (TPSA) is 80.9 Å². The summed E-state index contributed by atoms with van der Waals surface area (Å²) in [6.45, 7) is 1.59. The highest BCUT2D eigenvalue weighted by molar-refractivity contribution is 6.33. The van der Waals surface area contributed by atoms with Crippen molar-refractivity contribution in [2.24, 2.45) is 5.73 Å². The summed E-state index contributed by atoms with van der Waals surface area (Å²) < 4.78 is 0. The molecule has 1 atom stereocenters. The van der Waals surface area contributed by atoms with E-state index in [9.17, 15) is 4.79 Å². The Balaban J connectivity index is 2.85. The molecule has 0 aliphatic rings. The number of carbonyl (C=O) groups is 1. The summed E-state index contributed by atoms with van der Waals surface area (Å²) in [6.07, 6.45) is 1.34. The van der Waals surface area contributed by atoms with Crippen LogP contribution in [0.1, 0.15) is 6.92 Å². The highest BCUT2D eigenvalue weighted by Gasteiger charge is 2.11. The van der Waals surface area contributed by atoms with E-state index in [1.165, 1.54) is 6.20 Å². The molecule has 0 saturated carbocycles. The number of anilines is 1. The molecule has 14 heavy (non-hydrogen) atoms. The monoisotopic (exact) mass is 234 g/mol. The van der Waals surface area contributed by atoms with E-state index in [4.69, 9.17) is 28.9 Å². The van der Waals surface area contributed by atoms with Crippen molar-refractivity contribution in [2.75, 3.05) is 5.32 Å². The fourth-order valence-electron chi connectivity index (χ4n) is 0.723. The van der Waals surface area contributed by atoms with Gasteiger partial charge in [-0.2, -0.15) is 4.98 Å². The van der Waals surface area contributed by atoms with Crippen molar-refractivity contribution in [3.05, 3.63) is 16.5 Å². The van der Waals surface area contributed by atoms with Crippen molar-refractivity contribution in [2.45, 2.75) is 13.0 Å². The number of amides is 1. The molecule has 0 aliphatic carbocycles. The minimum atomic E-state index is -0.571. The van der Waals surface area contributed by atoms with Crippen molar-refractivity contribution in [1.82, 2.24) is 9.97 Å². The molecule has 1 aromatic heterocycles. The summed E-state index contributed by atoms with van der Waals surface area (Å²) in [5.74, 6) is -0.214. The van der Waals surface area contributed by atoms with Crippen LogP contribution in [0, 0.1) is 0 Å². The van der Waals surface area contributed by atoms with Crippen LogP contribution in [-0.4, -0.2) is 21.9 Å². The summed E-state index contributed by atoms with van der Waals surface area (Å²) in [6, 6.07) is -0.571. The highest BCUT2D eigenvalue weighted by Crippen LogP contribution is 2.19. The maximum absolute atomic E-state index is 10.7. The molecule has 3 N–H and O–H groups in total. The van der Waals surface area contributed by atoms with Gasteiger partial charge < -0.3 is 11.1 Å². The van der Waals surface area contributed by atoms with E-state index in [2.05, 4.69) is 15.3 Å². The van der Waals surface area contributed by atoms with E-state index in [-0.39, 0.29) is 16.1 Å². The zero-order chi connectivity index (χ0) is 10.7. The second kappa shape index (κ2) is 4.43. The van der Waals surface area contributed by atoms with Gasteiger partial charge in [-0.05, 0) is 18.5 Å². The van der Waals surface area contributed by atoms with Crippen LogP contribution in [-0.2, 0) is 4.79 Å². The minimum absolute atomic E-state index is 0.0496. The zero-order valence-corrected chi connectivity index (χ0v) is 8.80. The Morgan fingerprint density at radius 3 is 2.86 bits per heavy atom. The van der Waals surface area contributed by atoms with Crippen LogP contribution < -0.4 is 11.1 Å². The van der Waals surface area contributed by atoms with Gasteiger partial charge in [-0.3, -0.25) is 4.79 Å². The van der Waals surface area contributed by atoms with Crippen LogP contribution in [0.15, 0.2) is 6.20 Å². The van der Waals surface area contributed by atoms with Gasteiger partial charge in [0, 0.05) is 0 Å². The molecule has 76 valence electrons. The Morgan fingerprint density at radius 1 is 1.64 bits per heavy atom. The number of carbonyl (C=O) groups excluding carboxylic acids is 1. The third kappa shape index (κ3) is 2.71. The Morgan fingerprint density at radius 2 is 2.29 bits per heavy atom. The van der Waals surface area contributed by atoms with Crippen molar-refractivity contribution < 1.29 is 4.79 Å². The first-order valence-corrected chi connectivity index (χ1v) is 4.50. The third-order valence-electron chi connectivity index (χ3n) is 1.49. The largest absolute Gasteiger partial charge is 0.368 e. The van der Waals surface area contributed by atoms with E-state index < -0.39 is 11.9 Å². The van der Waals surface area contributed by atoms with Gasteiger partial charge in [0.2, 0.25) is 11.2 Å². The molecule has 1 unspecified atom stereocenters. The van der Waals surface area contributed by atoms with Crippen molar-refractivity contribution in [1.29, 1.82) is 0 Å². The summed E-state index contributed by atoms with van der Waals surface area (Å²) in [4.78, 5) is 18.2. The van der Waals surface area contributed by atoms with Crippen LogP contribution in [0.3, 0.4) is 0 Å². The number of nitrogens with one attached hydrogen (secondary N) is 1. The van der Waals surface area contributed by atoms with Gasteiger partial charge in [0.05, 0.1) is 6.20 Å². The van der Waals surface area contributed by atoms with Crippen LogP contribution in [0.25, 0.3) is 0 Å². The van der Waals surface area contributed by atoms with Gasteiger partial charge in [-0.25, -0.2) is 4.98 Å². The van der Waals surface area contributed by atoms with E-state index in [1.54, 1.807) is 6.92 Å². The van der Waals surface area contributed by atoms with Gasteiger partial charge in [-0.15, -0.1) is 0 Å². The Hall–Kier alpha value is -1.07. The van der Waals surface area contributed by atoms with Gasteiger partial charge >= 0.3 is 0 Å². The Bertz CT molecular complexity index is 358. The smallest absolute Gasteiger partial charge is 0.239 e. The first kappa shape index (κ1) is 11.0. The van der Waals surface area contributed by atoms with E-state index in [0.717, 1.165) is 0 Å². The maximum atomic E-state index is 10.7. The van der Waals surface area contributed by atoms with Gasteiger partial charge in [0.25, 0.3) is 0 Å². The number of halogens is 2. The van der Waals surface area contributed by atoms with Crippen LogP contribution >= 0.6 is 23.2 Å². The first-order valence-electron chi connectivity index (χ1n) is 3.74. The van der Waals surface area contributed by atoms with Gasteiger partial charge in [-0.1, -0.05) is 11.6 Å². The van der Waals surface area contributed by atoms with Crippen LogP contribution in [0.2, 0.25) is 10.3 Å². The summed E-state index contributed by atoms with van der Waals surface area (Å²) in [7, 11) is 0. The first-order chi connectivity index (χ1) is 6.50. The van der Waals surface area contributed by atoms with Crippen molar-refractivity contribution >= 4 is 34.9 Å². The number of hydrogen-bond acceptors (Lipinski definition) is 4. The lowest BCUT2D eigenvalue weighted by Crippen LogP contribution is -2.32. The number of nitrogens with two attached hydrogens (primary N) is 1. The van der Waals surface area contributed by atoms with Crippen molar-refractivity contribution in [3.8, 4) is 0 Å². The van der Waals surface area contributed by atoms with Crippen molar-refractivity contribution in [3.63, 3.8) is 0 Å². The predicted molar refractivity (Wildman–Crippen MR) is 54.3 cm³/mol. The molecule has 0 bridgehead atoms. The molecule has 0 aromatic carbocycles. The zero-order valence-electron chi connectivity index (χ0n) is 7.29. The summed E-state index contributed by atoms with van der Waals surface area (Å²) in [5, 5.41) is 3.04. The lowest BCUT2D eigenvalue weighted by atomic mass is 10.3. The second-order valence-corrected chi connectivity index (χ2v) is 3.35. The third-order valence-corrected chi connectivity index (χ3v) is 1.95. The number of primary amides is 1. The molecule has 0 spiro atoms. The maximum Gasteiger partial charge on any atom is 0.239 e. The lowest BCUT2D eigenvalue weighted by molar-refractivity contribution is -0.118. The molecule has 1 heterocycles. The Kier molecular flexibility index (Phi) is 3.49. The normalized spacial score (nSPS) is 12.2. The fraction of sp³-hybridized carbons (Fsp3) is 0.286. The van der Waals surface area contributed by atoms with Gasteiger partial charge in [0.15, 0.2) is 5.82 Å².